The maximum atomic E-state index is 12.4. The number of nitrogens with zero attached hydrogens (tertiary/aromatic N) is 1. The third-order valence-electron chi connectivity index (χ3n) is 4.77. The molecular weight excluding hydrogens is 407 g/mol. The predicted octanol–water partition coefficient (Wildman–Crippen LogP) is 2.81. The van der Waals surface area contributed by atoms with Crippen molar-refractivity contribution in [2.75, 3.05) is 11.9 Å². The normalized spacial score (nSPS) is 22.0. The minimum atomic E-state index is -1.15. The number of amides is 3. The van der Waals surface area contributed by atoms with E-state index >= 15 is 0 Å². The molecule has 28 heavy (non-hydrogen) atoms. The third kappa shape index (κ3) is 4.05. The molecule has 3 unspecified atom stereocenters. The Morgan fingerprint density at radius 1 is 1.18 bits per heavy atom. The fraction of sp³-hybridized carbons (Fsp3) is 0.368. The second kappa shape index (κ2) is 8.32. The van der Waals surface area contributed by atoms with Crippen molar-refractivity contribution >= 4 is 52.6 Å². The van der Waals surface area contributed by atoms with Gasteiger partial charge in [-0.25, -0.2) is 0 Å². The van der Waals surface area contributed by atoms with Gasteiger partial charge >= 0.3 is 5.97 Å². The first-order valence-electron chi connectivity index (χ1n) is 8.74. The van der Waals surface area contributed by atoms with Gasteiger partial charge in [0.15, 0.2) is 6.10 Å². The zero-order valence-electron chi connectivity index (χ0n) is 15.0. The zero-order chi connectivity index (χ0) is 20.4. The molecule has 0 saturated carbocycles. The zero-order valence-corrected chi connectivity index (χ0v) is 16.5. The average molecular weight is 425 g/mol. The first-order valence-corrected chi connectivity index (χ1v) is 9.49. The first-order chi connectivity index (χ1) is 13.3. The number of hydrogen-bond donors (Lipinski definition) is 1. The van der Waals surface area contributed by atoms with Crippen LogP contribution in [0.5, 0.6) is 0 Å². The summed E-state index contributed by atoms with van der Waals surface area (Å²) in [5.41, 5.74) is 0.281. The fourth-order valence-corrected chi connectivity index (χ4v) is 3.62. The number of likely N-dealkylation sites (tertiary alicyclic amines) is 1. The van der Waals surface area contributed by atoms with Gasteiger partial charge in [0.05, 0.1) is 27.6 Å². The number of esters is 1. The van der Waals surface area contributed by atoms with Crippen molar-refractivity contribution in [3.63, 3.8) is 0 Å². The molecule has 7 nitrogen and oxygen atoms in total. The molecule has 1 N–H and O–H groups in total. The van der Waals surface area contributed by atoms with Crippen molar-refractivity contribution in [3.8, 4) is 0 Å². The Kier molecular flexibility index (Phi) is 6.05. The van der Waals surface area contributed by atoms with Gasteiger partial charge in [-0.2, -0.15) is 0 Å². The van der Waals surface area contributed by atoms with Crippen molar-refractivity contribution in [1.82, 2.24) is 4.90 Å². The highest BCUT2D eigenvalue weighted by Gasteiger charge is 2.47. The Morgan fingerprint density at radius 3 is 2.39 bits per heavy atom. The van der Waals surface area contributed by atoms with E-state index in [9.17, 15) is 19.2 Å². The number of hydrogen-bond acceptors (Lipinski definition) is 5. The highest BCUT2D eigenvalue weighted by atomic mass is 35.5. The van der Waals surface area contributed by atoms with Gasteiger partial charge in [0.2, 0.25) is 11.8 Å². The molecule has 1 aromatic rings. The Balaban J connectivity index is 1.57. The number of nitrogens with one attached hydrogen (secondary N) is 1. The van der Waals surface area contributed by atoms with Gasteiger partial charge in [-0.05, 0) is 31.9 Å². The van der Waals surface area contributed by atoms with Gasteiger partial charge in [0.1, 0.15) is 6.54 Å². The van der Waals surface area contributed by atoms with Crippen LogP contribution in [0, 0.1) is 11.8 Å². The number of carbonyl (C=O) groups excluding carboxylic acids is 4. The SMILES string of the molecule is CC(OC(=O)CN1C(=O)C2CC=CCC2C1=O)C(=O)Nc1cccc(Cl)c1Cl. The average Bonchev–Trinajstić information content (AvgIpc) is 2.90. The molecule has 1 aliphatic heterocycles. The molecule has 9 heteroatoms. The number of halogens is 2. The number of ether oxygens (including phenoxy) is 1. The van der Waals surface area contributed by atoms with Crippen LogP contribution in [0.2, 0.25) is 10.0 Å². The van der Waals surface area contributed by atoms with Gasteiger partial charge in [0, 0.05) is 0 Å². The Bertz CT molecular complexity index is 844. The van der Waals surface area contributed by atoms with E-state index in [4.69, 9.17) is 27.9 Å². The summed E-state index contributed by atoms with van der Waals surface area (Å²) >= 11 is 11.9. The fourth-order valence-electron chi connectivity index (χ4n) is 3.28. The molecule has 3 atom stereocenters. The summed E-state index contributed by atoms with van der Waals surface area (Å²) in [6, 6.07) is 4.73. The summed E-state index contributed by atoms with van der Waals surface area (Å²) in [6.45, 7) is 0.864. The van der Waals surface area contributed by atoms with Crippen LogP contribution >= 0.6 is 23.2 Å². The van der Waals surface area contributed by atoms with E-state index in [-0.39, 0.29) is 27.5 Å². The largest absolute Gasteiger partial charge is 0.451 e. The van der Waals surface area contributed by atoms with Crippen molar-refractivity contribution in [1.29, 1.82) is 0 Å². The molecule has 1 aliphatic carbocycles. The summed E-state index contributed by atoms with van der Waals surface area (Å²) in [7, 11) is 0. The van der Waals surface area contributed by atoms with E-state index in [1.165, 1.54) is 6.92 Å². The van der Waals surface area contributed by atoms with E-state index in [1.807, 2.05) is 12.2 Å². The van der Waals surface area contributed by atoms with E-state index in [2.05, 4.69) is 5.32 Å². The Labute approximate surface area is 171 Å². The number of carbonyl (C=O) groups is 4. The third-order valence-corrected chi connectivity index (χ3v) is 5.59. The summed E-state index contributed by atoms with van der Waals surface area (Å²) in [4.78, 5) is 50.1. The molecule has 3 rings (SSSR count). The summed E-state index contributed by atoms with van der Waals surface area (Å²) in [6.07, 6.45) is 3.54. The lowest BCUT2D eigenvalue weighted by Gasteiger charge is -2.17. The second-order valence-electron chi connectivity index (χ2n) is 6.64. The van der Waals surface area contributed by atoms with Crippen LogP contribution in [0.15, 0.2) is 30.4 Å². The van der Waals surface area contributed by atoms with Gasteiger partial charge in [-0.3, -0.25) is 24.1 Å². The Hall–Kier alpha value is -2.38. The first kappa shape index (κ1) is 20.4. The molecule has 0 aromatic heterocycles. The van der Waals surface area contributed by atoms with E-state index in [0.29, 0.717) is 12.8 Å². The smallest absolute Gasteiger partial charge is 0.326 e. The maximum absolute atomic E-state index is 12.4. The van der Waals surface area contributed by atoms with Crippen molar-refractivity contribution < 1.29 is 23.9 Å². The van der Waals surface area contributed by atoms with Crippen LogP contribution in [0.1, 0.15) is 19.8 Å². The number of rotatable bonds is 5. The topological polar surface area (TPSA) is 92.8 Å². The van der Waals surface area contributed by atoms with Crippen LogP contribution in [-0.4, -0.2) is 41.2 Å². The molecular formula is C19H18Cl2N2O5. The number of allylic oxidation sites excluding steroid dienone is 2. The van der Waals surface area contributed by atoms with Crippen molar-refractivity contribution in [3.05, 3.63) is 40.4 Å². The molecule has 0 bridgehead atoms. The van der Waals surface area contributed by atoms with Crippen LogP contribution in [0.4, 0.5) is 5.69 Å². The molecule has 2 aliphatic rings. The molecule has 3 amide bonds. The minimum Gasteiger partial charge on any atom is -0.451 e. The molecule has 148 valence electrons. The van der Waals surface area contributed by atoms with E-state index < -0.39 is 36.4 Å². The highest BCUT2D eigenvalue weighted by molar-refractivity contribution is 6.44. The van der Waals surface area contributed by atoms with Crippen LogP contribution < -0.4 is 5.32 Å². The van der Waals surface area contributed by atoms with Gasteiger partial charge in [-0.15, -0.1) is 0 Å². The molecule has 1 aromatic carbocycles. The standard InChI is InChI=1S/C19H18Cl2N2O5/c1-10(17(25)22-14-8-4-7-13(20)16(14)21)28-15(24)9-23-18(26)11-5-2-3-6-12(11)19(23)27/h2-4,7-8,10-12H,5-6,9H2,1H3,(H,22,25). The van der Waals surface area contributed by atoms with Crippen LogP contribution in [0.25, 0.3) is 0 Å². The monoisotopic (exact) mass is 424 g/mol. The number of benzene rings is 1. The number of fused-ring (bicyclic) bond motifs is 1. The molecule has 0 spiro atoms. The summed E-state index contributed by atoms with van der Waals surface area (Å²) in [5.74, 6) is -3.05. The molecule has 1 saturated heterocycles. The van der Waals surface area contributed by atoms with Gasteiger partial charge in [0.25, 0.3) is 5.91 Å². The van der Waals surface area contributed by atoms with Crippen molar-refractivity contribution in [2.24, 2.45) is 11.8 Å². The lowest BCUT2D eigenvalue weighted by Crippen LogP contribution is -2.39. The lowest BCUT2D eigenvalue weighted by molar-refractivity contribution is -0.158. The van der Waals surface area contributed by atoms with E-state index in [0.717, 1.165) is 4.90 Å². The van der Waals surface area contributed by atoms with Crippen molar-refractivity contribution in [2.45, 2.75) is 25.9 Å². The highest BCUT2D eigenvalue weighted by Crippen LogP contribution is 2.35. The van der Waals surface area contributed by atoms with Gasteiger partial charge in [-0.1, -0.05) is 41.4 Å². The molecule has 1 heterocycles. The molecule has 0 radical (unpaired) electrons. The quantitative estimate of drug-likeness (QED) is 0.445. The maximum Gasteiger partial charge on any atom is 0.326 e. The summed E-state index contributed by atoms with van der Waals surface area (Å²) < 4.78 is 5.08. The number of anilines is 1. The minimum absolute atomic E-state index is 0.167. The summed E-state index contributed by atoms with van der Waals surface area (Å²) in [5, 5.41) is 2.96. The van der Waals surface area contributed by atoms with E-state index in [1.54, 1.807) is 18.2 Å². The predicted molar refractivity (Wildman–Crippen MR) is 103 cm³/mol. The number of imide groups is 1. The van der Waals surface area contributed by atoms with Crippen LogP contribution in [-0.2, 0) is 23.9 Å². The molecule has 1 fully saturated rings. The van der Waals surface area contributed by atoms with Crippen LogP contribution in [0.3, 0.4) is 0 Å². The van der Waals surface area contributed by atoms with Gasteiger partial charge < -0.3 is 10.1 Å². The lowest BCUT2D eigenvalue weighted by atomic mass is 9.85. The second-order valence-corrected chi connectivity index (χ2v) is 7.43. The Morgan fingerprint density at radius 2 is 1.79 bits per heavy atom.